The number of hydrogen-bond donors (Lipinski definition) is 3. The van der Waals surface area contributed by atoms with Crippen molar-refractivity contribution in [3.63, 3.8) is 0 Å². The molecular weight excluding hydrogens is 341 g/mol. The minimum absolute atomic E-state index is 0.199. The summed E-state index contributed by atoms with van der Waals surface area (Å²) >= 11 is 0. The number of hydrogen-bond acceptors (Lipinski definition) is 9. The second-order valence-electron chi connectivity index (χ2n) is 5.27. The molecule has 12 heteroatoms. The molecule has 0 saturated carbocycles. The third kappa shape index (κ3) is 2.90. The molecule has 3 heterocycles. The topological polar surface area (TPSA) is 155 Å². The first-order valence-corrected chi connectivity index (χ1v) is 8.71. The Bertz CT molecular complexity index is 784. The number of aliphatic hydroxyl groups is 1. The fraction of sp³-hybridized carbons (Fsp3) is 0.583. The van der Waals surface area contributed by atoms with Crippen LogP contribution in [-0.2, 0) is 18.3 Å². The molecule has 11 nitrogen and oxygen atoms in total. The summed E-state index contributed by atoms with van der Waals surface area (Å²) in [7, 11) is -3.23. The molecule has 0 amide bonds. The Kier molecular flexibility index (Phi) is 4.56. The van der Waals surface area contributed by atoms with E-state index >= 15 is 0 Å². The Morgan fingerprint density at radius 1 is 1.46 bits per heavy atom. The van der Waals surface area contributed by atoms with Gasteiger partial charge in [-0.1, -0.05) is 6.92 Å². The van der Waals surface area contributed by atoms with E-state index in [0.29, 0.717) is 17.6 Å². The second-order valence-corrected chi connectivity index (χ2v) is 6.78. The molecule has 2 aromatic rings. The van der Waals surface area contributed by atoms with Crippen molar-refractivity contribution in [2.24, 2.45) is 0 Å². The lowest BCUT2D eigenvalue weighted by Crippen LogP contribution is -2.33. The van der Waals surface area contributed by atoms with Crippen LogP contribution in [0.25, 0.3) is 11.2 Å². The summed E-state index contributed by atoms with van der Waals surface area (Å²) in [5.41, 5.74) is 6.49. The highest BCUT2D eigenvalue weighted by Crippen LogP contribution is 2.48. The number of nitrogens with two attached hydrogens (primary N) is 1. The van der Waals surface area contributed by atoms with Crippen molar-refractivity contribution < 1.29 is 28.3 Å². The Labute approximate surface area is 137 Å². The van der Waals surface area contributed by atoms with Crippen molar-refractivity contribution in [1.82, 2.24) is 19.5 Å². The third-order valence-corrected chi connectivity index (χ3v) is 4.83. The van der Waals surface area contributed by atoms with Gasteiger partial charge in [0.1, 0.15) is 24.1 Å². The SMILES string of the molecule is CC[C@H]1O[C@@H](n2cnc3c(N)ncnc32)[C@@H](O)C1OP(=O)(O)OC. The van der Waals surface area contributed by atoms with E-state index in [1.54, 1.807) is 6.92 Å². The average Bonchev–Trinajstić information content (AvgIpc) is 3.10. The largest absolute Gasteiger partial charge is 0.472 e. The lowest BCUT2D eigenvalue weighted by Gasteiger charge is -2.21. The van der Waals surface area contributed by atoms with Crippen molar-refractivity contribution in [1.29, 1.82) is 0 Å². The number of ether oxygens (including phenoxy) is 1. The molecule has 4 N–H and O–H groups in total. The zero-order valence-electron chi connectivity index (χ0n) is 13.0. The van der Waals surface area contributed by atoms with Gasteiger partial charge in [0.2, 0.25) is 0 Å². The summed E-state index contributed by atoms with van der Waals surface area (Å²) in [6.07, 6.45) is -0.672. The molecule has 1 fully saturated rings. The van der Waals surface area contributed by atoms with Crippen LogP contribution in [0.2, 0.25) is 0 Å². The van der Waals surface area contributed by atoms with Crippen molar-refractivity contribution >= 4 is 24.8 Å². The lowest BCUT2D eigenvalue weighted by atomic mass is 10.1. The number of nitrogens with zero attached hydrogens (tertiary/aromatic N) is 4. The summed E-state index contributed by atoms with van der Waals surface area (Å²) < 4.78 is 28.4. The van der Waals surface area contributed by atoms with E-state index in [2.05, 4.69) is 19.5 Å². The van der Waals surface area contributed by atoms with E-state index in [4.69, 9.17) is 15.0 Å². The predicted octanol–water partition coefficient (Wildman–Crippen LogP) is 0.209. The smallest absolute Gasteiger partial charge is 0.386 e. The molecule has 3 rings (SSSR count). The van der Waals surface area contributed by atoms with E-state index in [0.717, 1.165) is 7.11 Å². The monoisotopic (exact) mass is 359 g/mol. The van der Waals surface area contributed by atoms with Gasteiger partial charge >= 0.3 is 7.82 Å². The first-order valence-electron chi connectivity index (χ1n) is 7.21. The average molecular weight is 359 g/mol. The predicted molar refractivity (Wildman–Crippen MR) is 81.7 cm³/mol. The number of rotatable bonds is 5. The van der Waals surface area contributed by atoms with Crippen LogP contribution in [0.3, 0.4) is 0 Å². The first kappa shape index (κ1) is 17.2. The third-order valence-electron chi connectivity index (χ3n) is 3.86. The van der Waals surface area contributed by atoms with Crippen LogP contribution in [0, 0.1) is 0 Å². The molecule has 132 valence electrons. The second kappa shape index (κ2) is 6.36. The number of aliphatic hydroxyl groups excluding tert-OH is 1. The summed E-state index contributed by atoms with van der Waals surface area (Å²) in [6.45, 7) is 1.80. The zero-order chi connectivity index (χ0) is 17.5. The van der Waals surface area contributed by atoms with Gasteiger partial charge in [-0.25, -0.2) is 19.5 Å². The van der Waals surface area contributed by atoms with Crippen molar-refractivity contribution in [2.75, 3.05) is 12.8 Å². The standard InChI is InChI=1S/C12H18N5O6P/c1-3-6-9(23-24(19,20)21-2)8(18)12(22-6)17-5-16-7-10(13)14-4-15-11(7)17/h4-6,8-9,12,18H,3H2,1-2H3,(H,19,20)(H2,13,14,15)/t6-,8+,9?,12-/m1/s1. The molecule has 0 spiro atoms. The van der Waals surface area contributed by atoms with Crippen LogP contribution < -0.4 is 5.73 Å². The van der Waals surface area contributed by atoms with E-state index in [9.17, 15) is 14.6 Å². The summed E-state index contributed by atoms with van der Waals surface area (Å²) in [5, 5.41) is 10.5. The van der Waals surface area contributed by atoms with Gasteiger partial charge in [-0.2, -0.15) is 0 Å². The molecular formula is C12H18N5O6P. The minimum atomic E-state index is -4.28. The molecule has 2 unspecified atom stereocenters. The van der Waals surface area contributed by atoms with Crippen LogP contribution in [0.4, 0.5) is 5.82 Å². The summed E-state index contributed by atoms with van der Waals surface area (Å²) in [6, 6.07) is 0. The number of anilines is 1. The first-order chi connectivity index (χ1) is 11.4. The number of imidazole rings is 1. The van der Waals surface area contributed by atoms with Gasteiger partial charge in [0, 0.05) is 7.11 Å². The van der Waals surface area contributed by atoms with Crippen molar-refractivity contribution in [3.8, 4) is 0 Å². The van der Waals surface area contributed by atoms with Gasteiger partial charge in [0.25, 0.3) is 0 Å². The van der Waals surface area contributed by atoms with Gasteiger partial charge < -0.3 is 20.5 Å². The quantitative estimate of drug-likeness (QED) is 0.631. The molecule has 0 bridgehead atoms. The molecule has 1 aliphatic rings. The van der Waals surface area contributed by atoms with Gasteiger partial charge in [-0.05, 0) is 6.42 Å². The zero-order valence-corrected chi connectivity index (χ0v) is 13.9. The summed E-state index contributed by atoms with van der Waals surface area (Å²) in [5.74, 6) is 0.199. The van der Waals surface area contributed by atoms with Gasteiger partial charge in [0.15, 0.2) is 17.7 Å². The Morgan fingerprint density at radius 3 is 2.88 bits per heavy atom. The highest BCUT2D eigenvalue weighted by molar-refractivity contribution is 7.47. The van der Waals surface area contributed by atoms with Gasteiger partial charge in [0.05, 0.1) is 12.4 Å². The number of phosphoric acid groups is 1. The maximum Gasteiger partial charge on any atom is 0.472 e. The number of nitrogen functional groups attached to an aromatic ring is 1. The maximum absolute atomic E-state index is 11.7. The van der Waals surface area contributed by atoms with Crippen LogP contribution >= 0.6 is 7.82 Å². The van der Waals surface area contributed by atoms with Crippen molar-refractivity contribution in [2.45, 2.75) is 37.9 Å². The Morgan fingerprint density at radius 2 is 2.21 bits per heavy atom. The van der Waals surface area contributed by atoms with Gasteiger partial charge in [-0.3, -0.25) is 13.6 Å². The van der Waals surface area contributed by atoms with E-state index in [-0.39, 0.29) is 5.82 Å². The molecule has 0 radical (unpaired) electrons. The lowest BCUT2D eigenvalue weighted by molar-refractivity contribution is -0.0355. The number of phosphoric ester groups is 1. The van der Waals surface area contributed by atoms with Crippen LogP contribution in [0.15, 0.2) is 12.7 Å². The van der Waals surface area contributed by atoms with E-state index < -0.39 is 32.4 Å². The normalized spacial score (nSPS) is 29.8. The molecule has 1 saturated heterocycles. The molecule has 2 aromatic heterocycles. The highest BCUT2D eigenvalue weighted by Gasteiger charge is 2.48. The summed E-state index contributed by atoms with van der Waals surface area (Å²) in [4.78, 5) is 21.6. The number of aromatic nitrogens is 4. The van der Waals surface area contributed by atoms with Crippen molar-refractivity contribution in [3.05, 3.63) is 12.7 Å². The van der Waals surface area contributed by atoms with E-state index in [1.807, 2.05) is 0 Å². The van der Waals surface area contributed by atoms with Crippen LogP contribution in [0.5, 0.6) is 0 Å². The maximum atomic E-state index is 11.7. The minimum Gasteiger partial charge on any atom is -0.386 e. The van der Waals surface area contributed by atoms with Crippen LogP contribution in [0.1, 0.15) is 19.6 Å². The van der Waals surface area contributed by atoms with E-state index in [1.165, 1.54) is 17.2 Å². The van der Waals surface area contributed by atoms with Crippen LogP contribution in [-0.4, -0.2) is 54.9 Å². The molecule has 1 aliphatic heterocycles. The highest BCUT2D eigenvalue weighted by atomic mass is 31.2. The fourth-order valence-corrected chi connectivity index (χ4v) is 3.32. The Hall–Kier alpha value is -1.62. The molecule has 0 aliphatic carbocycles. The number of fused-ring (bicyclic) bond motifs is 1. The molecule has 24 heavy (non-hydrogen) atoms. The molecule has 5 atom stereocenters. The van der Waals surface area contributed by atoms with Gasteiger partial charge in [-0.15, -0.1) is 0 Å². The molecule has 0 aromatic carbocycles. The Balaban J connectivity index is 1.94. The fourth-order valence-electron chi connectivity index (χ4n) is 2.66.